The highest BCUT2D eigenvalue weighted by molar-refractivity contribution is 5.78. The minimum absolute atomic E-state index is 0.747. The Bertz CT molecular complexity index is 359. The summed E-state index contributed by atoms with van der Waals surface area (Å²) in [5.41, 5.74) is 2.74. The van der Waals surface area contributed by atoms with E-state index in [4.69, 9.17) is 4.74 Å². The van der Waals surface area contributed by atoms with Crippen molar-refractivity contribution in [2.45, 2.75) is 46.6 Å². The maximum absolute atomic E-state index is 11.1. The molecule has 1 aromatic heterocycles. The summed E-state index contributed by atoms with van der Waals surface area (Å²) in [5.74, 6) is 0. The number of aldehydes is 1. The smallest absolute Gasteiger partial charge is 0.153 e. The van der Waals surface area contributed by atoms with Crippen molar-refractivity contribution < 1.29 is 9.53 Å². The van der Waals surface area contributed by atoms with E-state index < -0.39 is 0 Å². The Balaban J connectivity index is 2.76. The van der Waals surface area contributed by atoms with Crippen LogP contribution < -0.4 is 0 Å². The van der Waals surface area contributed by atoms with Crippen LogP contribution in [0.15, 0.2) is 0 Å². The number of carbonyl (C=O) groups excluding carboxylic acids is 1. The van der Waals surface area contributed by atoms with E-state index in [1.165, 1.54) is 0 Å². The van der Waals surface area contributed by atoms with E-state index >= 15 is 0 Å². The number of hydrogen-bond donors (Lipinski definition) is 0. The summed E-state index contributed by atoms with van der Waals surface area (Å²) in [5, 5.41) is 4.50. The van der Waals surface area contributed by atoms with Gasteiger partial charge in [0.1, 0.15) is 0 Å². The van der Waals surface area contributed by atoms with Crippen LogP contribution in [-0.4, -0.2) is 29.3 Å². The lowest BCUT2D eigenvalue weighted by atomic mass is 10.1. The first-order valence-corrected chi connectivity index (χ1v) is 6.39. The maximum atomic E-state index is 11.1. The van der Waals surface area contributed by atoms with Gasteiger partial charge < -0.3 is 4.74 Å². The molecule has 0 amide bonds. The lowest BCUT2D eigenvalue weighted by Crippen LogP contribution is -2.08. The Kier molecular flexibility index (Phi) is 5.91. The molecule has 4 heteroatoms. The summed E-state index contributed by atoms with van der Waals surface area (Å²) in [6, 6.07) is 0. The molecule has 0 N–H and O–H groups in total. The van der Waals surface area contributed by atoms with Gasteiger partial charge in [0.25, 0.3) is 0 Å². The molecular weight excluding hydrogens is 216 g/mol. The summed E-state index contributed by atoms with van der Waals surface area (Å²) in [6.07, 6.45) is 3.52. The first-order chi connectivity index (χ1) is 8.28. The SMILES string of the molecule is CCOCCCn1nc(CC)c(C=O)c1CC. The predicted octanol–water partition coefficient (Wildman–Crippen LogP) is 2.25. The maximum Gasteiger partial charge on any atom is 0.153 e. The van der Waals surface area contributed by atoms with Gasteiger partial charge in [-0.05, 0) is 26.2 Å². The normalized spacial score (nSPS) is 10.8. The molecule has 0 spiro atoms. The number of nitrogens with zero attached hydrogens (tertiary/aromatic N) is 2. The fourth-order valence-corrected chi connectivity index (χ4v) is 1.98. The average molecular weight is 238 g/mol. The monoisotopic (exact) mass is 238 g/mol. The van der Waals surface area contributed by atoms with Crippen molar-refractivity contribution in [3.8, 4) is 0 Å². The summed E-state index contributed by atoms with van der Waals surface area (Å²) in [6.45, 7) is 8.40. The number of ether oxygens (including phenoxy) is 1. The molecule has 0 bridgehead atoms. The molecule has 4 nitrogen and oxygen atoms in total. The van der Waals surface area contributed by atoms with Crippen LogP contribution in [0.4, 0.5) is 0 Å². The molecule has 1 aromatic rings. The molecule has 0 aliphatic rings. The van der Waals surface area contributed by atoms with Crippen LogP contribution >= 0.6 is 0 Å². The highest BCUT2D eigenvalue weighted by Gasteiger charge is 2.14. The minimum Gasteiger partial charge on any atom is -0.382 e. The van der Waals surface area contributed by atoms with Crippen molar-refractivity contribution in [2.24, 2.45) is 0 Å². The highest BCUT2D eigenvalue weighted by atomic mass is 16.5. The second kappa shape index (κ2) is 7.22. The topological polar surface area (TPSA) is 44.1 Å². The summed E-state index contributed by atoms with van der Waals surface area (Å²) >= 11 is 0. The first-order valence-electron chi connectivity index (χ1n) is 6.39. The van der Waals surface area contributed by atoms with Crippen molar-refractivity contribution in [3.63, 3.8) is 0 Å². The van der Waals surface area contributed by atoms with Gasteiger partial charge in [-0.15, -0.1) is 0 Å². The molecule has 0 atom stereocenters. The Morgan fingerprint density at radius 1 is 1.29 bits per heavy atom. The zero-order valence-corrected chi connectivity index (χ0v) is 11.0. The van der Waals surface area contributed by atoms with Crippen molar-refractivity contribution in [1.29, 1.82) is 0 Å². The van der Waals surface area contributed by atoms with E-state index in [1.807, 2.05) is 18.5 Å². The minimum atomic E-state index is 0.747. The van der Waals surface area contributed by atoms with E-state index in [2.05, 4.69) is 12.0 Å². The van der Waals surface area contributed by atoms with E-state index in [1.54, 1.807) is 0 Å². The molecule has 1 rings (SSSR count). The van der Waals surface area contributed by atoms with Crippen LogP contribution in [0.5, 0.6) is 0 Å². The van der Waals surface area contributed by atoms with Gasteiger partial charge in [0.2, 0.25) is 0 Å². The fourth-order valence-electron chi connectivity index (χ4n) is 1.98. The quantitative estimate of drug-likeness (QED) is 0.515. The molecule has 96 valence electrons. The van der Waals surface area contributed by atoms with Crippen LogP contribution in [0, 0.1) is 0 Å². The van der Waals surface area contributed by atoms with Crippen molar-refractivity contribution in [1.82, 2.24) is 9.78 Å². The van der Waals surface area contributed by atoms with E-state index in [0.29, 0.717) is 0 Å². The Hall–Kier alpha value is -1.16. The molecule has 0 aliphatic carbocycles. The van der Waals surface area contributed by atoms with Crippen molar-refractivity contribution >= 4 is 6.29 Å². The summed E-state index contributed by atoms with van der Waals surface area (Å²) in [7, 11) is 0. The third kappa shape index (κ3) is 3.40. The number of carbonyl (C=O) groups is 1. The molecule has 0 saturated carbocycles. The molecule has 0 radical (unpaired) electrons. The number of rotatable bonds is 8. The van der Waals surface area contributed by atoms with Crippen LogP contribution in [0.1, 0.15) is 48.9 Å². The van der Waals surface area contributed by atoms with Gasteiger partial charge in [0.05, 0.1) is 11.3 Å². The molecule has 0 unspecified atom stereocenters. The molecule has 0 fully saturated rings. The van der Waals surface area contributed by atoms with Gasteiger partial charge in [0, 0.05) is 25.5 Å². The lowest BCUT2D eigenvalue weighted by molar-refractivity contribution is 0.112. The van der Waals surface area contributed by atoms with Gasteiger partial charge >= 0.3 is 0 Å². The Morgan fingerprint density at radius 3 is 2.59 bits per heavy atom. The number of hydrogen-bond acceptors (Lipinski definition) is 3. The van der Waals surface area contributed by atoms with Crippen molar-refractivity contribution in [2.75, 3.05) is 13.2 Å². The van der Waals surface area contributed by atoms with Gasteiger partial charge in [0.15, 0.2) is 6.29 Å². The Labute approximate surface area is 103 Å². The highest BCUT2D eigenvalue weighted by Crippen LogP contribution is 2.14. The molecule has 0 saturated heterocycles. The largest absolute Gasteiger partial charge is 0.382 e. The van der Waals surface area contributed by atoms with Crippen LogP contribution in [0.3, 0.4) is 0 Å². The number of aryl methyl sites for hydroxylation is 2. The third-order valence-corrected chi connectivity index (χ3v) is 2.83. The standard InChI is InChI=1S/C13H22N2O2/c1-4-12-11(10-16)13(5-2)15(14-12)8-7-9-17-6-3/h10H,4-9H2,1-3H3. The summed E-state index contributed by atoms with van der Waals surface area (Å²) < 4.78 is 7.27. The average Bonchev–Trinajstić information content (AvgIpc) is 2.71. The van der Waals surface area contributed by atoms with Gasteiger partial charge in [-0.1, -0.05) is 13.8 Å². The molecule has 0 aromatic carbocycles. The van der Waals surface area contributed by atoms with E-state index in [0.717, 1.165) is 62.3 Å². The van der Waals surface area contributed by atoms with Gasteiger partial charge in [-0.2, -0.15) is 5.10 Å². The third-order valence-electron chi connectivity index (χ3n) is 2.83. The molecular formula is C13H22N2O2. The van der Waals surface area contributed by atoms with Gasteiger partial charge in [-0.3, -0.25) is 9.48 Å². The van der Waals surface area contributed by atoms with Crippen LogP contribution in [-0.2, 0) is 24.1 Å². The zero-order chi connectivity index (χ0) is 12.7. The van der Waals surface area contributed by atoms with Crippen LogP contribution in [0.2, 0.25) is 0 Å². The number of aromatic nitrogens is 2. The summed E-state index contributed by atoms with van der Waals surface area (Å²) in [4.78, 5) is 11.1. The fraction of sp³-hybridized carbons (Fsp3) is 0.692. The molecule has 1 heterocycles. The van der Waals surface area contributed by atoms with E-state index in [-0.39, 0.29) is 0 Å². The first kappa shape index (κ1) is 13.9. The van der Waals surface area contributed by atoms with Gasteiger partial charge in [-0.25, -0.2) is 0 Å². The second-order valence-corrected chi connectivity index (χ2v) is 3.91. The Morgan fingerprint density at radius 2 is 2.06 bits per heavy atom. The van der Waals surface area contributed by atoms with E-state index in [9.17, 15) is 4.79 Å². The predicted molar refractivity (Wildman–Crippen MR) is 67.5 cm³/mol. The second-order valence-electron chi connectivity index (χ2n) is 3.91. The van der Waals surface area contributed by atoms with Crippen molar-refractivity contribution in [3.05, 3.63) is 17.0 Å². The molecule has 0 aliphatic heterocycles. The zero-order valence-electron chi connectivity index (χ0n) is 11.0. The lowest BCUT2D eigenvalue weighted by Gasteiger charge is -2.06. The molecule has 17 heavy (non-hydrogen) atoms. The van der Waals surface area contributed by atoms with Crippen LogP contribution in [0.25, 0.3) is 0 Å².